The number of amidine groups is 1. The second kappa shape index (κ2) is 8.33. The second-order valence-corrected chi connectivity index (χ2v) is 9.62. The van der Waals surface area contributed by atoms with E-state index < -0.39 is 5.60 Å². The van der Waals surface area contributed by atoms with Crippen molar-refractivity contribution in [2.75, 3.05) is 5.32 Å². The van der Waals surface area contributed by atoms with Gasteiger partial charge in [0.15, 0.2) is 5.82 Å². The highest BCUT2D eigenvalue weighted by Gasteiger charge is 2.45. The molecule has 1 unspecified atom stereocenters. The first kappa shape index (κ1) is 21.9. The number of rotatable bonds is 4. The number of hydrogen-bond donors (Lipinski definition) is 4. The zero-order valence-electron chi connectivity index (χ0n) is 19.1. The summed E-state index contributed by atoms with van der Waals surface area (Å²) in [4.78, 5) is 31.4. The van der Waals surface area contributed by atoms with Crippen molar-refractivity contribution < 1.29 is 9.53 Å². The molecule has 2 aromatic rings. The van der Waals surface area contributed by atoms with Gasteiger partial charge in [0.05, 0.1) is 5.52 Å². The Morgan fingerprint density at radius 2 is 1.97 bits per heavy atom. The highest BCUT2D eigenvalue weighted by Crippen LogP contribution is 2.38. The molecule has 2 aromatic heterocycles. The van der Waals surface area contributed by atoms with E-state index >= 15 is 0 Å². The second-order valence-electron chi connectivity index (χ2n) is 9.62. The standard InChI is InChI=1S/C22H32N8O2/c1-12(23)9-17(24)28-19-18-16(7-8-25-18)27-20(29-19)26-13-10-14-5-6-15(11-13)30(14)21(31)32-22(2,3)4/h7-9,13-15,25H,5-6,10-11,23H2,1-4H3,(H3,24,26,27,28,29)/b12-9-/t13?,14-,15+. The molecule has 4 heterocycles. The molecule has 10 heteroatoms. The minimum atomic E-state index is -0.498. The van der Waals surface area contributed by atoms with Gasteiger partial charge in [-0.25, -0.2) is 14.8 Å². The fourth-order valence-electron chi connectivity index (χ4n) is 4.55. The Hall–Kier alpha value is -3.30. The molecule has 0 radical (unpaired) electrons. The van der Waals surface area contributed by atoms with Crippen LogP contribution in [0.25, 0.3) is 11.0 Å². The van der Waals surface area contributed by atoms with Crippen LogP contribution in [0, 0.1) is 0 Å². The molecule has 172 valence electrons. The number of fused-ring (bicyclic) bond motifs is 3. The summed E-state index contributed by atoms with van der Waals surface area (Å²) in [6, 6.07) is 2.34. The minimum absolute atomic E-state index is 0.155. The number of piperidine rings is 1. The summed E-state index contributed by atoms with van der Waals surface area (Å²) in [6.45, 7) is 7.44. The zero-order valence-corrected chi connectivity index (χ0v) is 19.1. The Balaban J connectivity index is 1.52. The number of H-pyrrole nitrogens is 1. The SMILES string of the molecule is C/C(N)=C/C(N)=Nc1nc(NC2C[C@H]3CC[C@@H](C2)N3C(=O)OC(C)(C)C)nc2cc[nH]c12. The van der Waals surface area contributed by atoms with Crippen LogP contribution < -0.4 is 16.8 Å². The van der Waals surface area contributed by atoms with Crippen molar-refractivity contribution in [3.63, 3.8) is 0 Å². The third kappa shape index (κ3) is 4.79. The lowest BCUT2D eigenvalue weighted by Crippen LogP contribution is -2.51. The molecule has 32 heavy (non-hydrogen) atoms. The maximum atomic E-state index is 12.7. The van der Waals surface area contributed by atoms with Crippen molar-refractivity contribution in [2.45, 2.75) is 77.1 Å². The normalized spacial score (nSPS) is 24.1. The molecular formula is C22H32N8O2. The van der Waals surface area contributed by atoms with Gasteiger partial charge in [0.2, 0.25) is 5.95 Å². The summed E-state index contributed by atoms with van der Waals surface area (Å²) in [7, 11) is 0. The van der Waals surface area contributed by atoms with Crippen LogP contribution in [0.5, 0.6) is 0 Å². The average Bonchev–Trinajstić information content (AvgIpc) is 3.22. The number of aliphatic imine (C=N–C) groups is 1. The van der Waals surface area contributed by atoms with E-state index in [0.29, 0.717) is 23.0 Å². The van der Waals surface area contributed by atoms with E-state index in [-0.39, 0.29) is 30.1 Å². The van der Waals surface area contributed by atoms with E-state index in [4.69, 9.17) is 16.2 Å². The van der Waals surface area contributed by atoms with Crippen molar-refractivity contribution in [1.82, 2.24) is 19.9 Å². The molecule has 2 fully saturated rings. The number of carbonyl (C=O) groups is 1. The van der Waals surface area contributed by atoms with Gasteiger partial charge in [-0.2, -0.15) is 4.98 Å². The molecule has 2 saturated heterocycles. The molecule has 0 spiro atoms. The highest BCUT2D eigenvalue weighted by atomic mass is 16.6. The largest absolute Gasteiger partial charge is 0.444 e. The summed E-state index contributed by atoms with van der Waals surface area (Å²) in [5, 5.41) is 3.46. The lowest BCUT2D eigenvalue weighted by atomic mass is 9.98. The third-order valence-electron chi connectivity index (χ3n) is 5.67. The molecule has 6 N–H and O–H groups in total. The van der Waals surface area contributed by atoms with Crippen molar-refractivity contribution in [2.24, 2.45) is 16.5 Å². The number of amides is 1. The van der Waals surface area contributed by atoms with Crippen molar-refractivity contribution in [3.8, 4) is 0 Å². The van der Waals surface area contributed by atoms with Crippen molar-refractivity contribution >= 4 is 34.7 Å². The van der Waals surface area contributed by atoms with E-state index in [0.717, 1.165) is 31.2 Å². The first-order valence-corrected chi connectivity index (χ1v) is 11.0. The topological polar surface area (TPSA) is 148 Å². The Morgan fingerprint density at radius 1 is 1.28 bits per heavy atom. The van der Waals surface area contributed by atoms with Crippen LogP contribution in [-0.2, 0) is 4.74 Å². The predicted octanol–water partition coefficient (Wildman–Crippen LogP) is 3.15. The van der Waals surface area contributed by atoms with Crippen LogP contribution in [0.4, 0.5) is 16.6 Å². The summed E-state index contributed by atoms with van der Waals surface area (Å²) < 4.78 is 5.63. The summed E-state index contributed by atoms with van der Waals surface area (Å²) >= 11 is 0. The number of nitrogens with one attached hydrogen (secondary N) is 2. The number of anilines is 1. The fourth-order valence-corrected chi connectivity index (χ4v) is 4.55. The molecule has 4 rings (SSSR count). The molecule has 2 aliphatic heterocycles. The quantitative estimate of drug-likeness (QED) is 0.421. The molecule has 0 aromatic carbocycles. The van der Waals surface area contributed by atoms with Gasteiger partial charge in [0.25, 0.3) is 0 Å². The Kier molecular flexibility index (Phi) is 5.70. The lowest BCUT2D eigenvalue weighted by Gasteiger charge is -2.39. The van der Waals surface area contributed by atoms with E-state index in [9.17, 15) is 4.79 Å². The average molecular weight is 441 g/mol. The molecule has 2 aliphatic rings. The van der Waals surface area contributed by atoms with Gasteiger partial charge in [0, 0.05) is 30.0 Å². The zero-order chi connectivity index (χ0) is 23.0. The minimum Gasteiger partial charge on any atom is -0.444 e. The van der Waals surface area contributed by atoms with E-state index in [1.807, 2.05) is 31.7 Å². The maximum absolute atomic E-state index is 12.7. The molecule has 0 saturated carbocycles. The van der Waals surface area contributed by atoms with Gasteiger partial charge in [-0.15, -0.1) is 0 Å². The van der Waals surface area contributed by atoms with E-state index in [2.05, 4.69) is 25.3 Å². The van der Waals surface area contributed by atoms with Gasteiger partial charge in [-0.1, -0.05) is 0 Å². The van der Waals surface area contributed by atoms with Crippen LogP contribution in [0.2, 0.25) is 0 Å². The van der Waals surface area contributed by atoms with E-state index in [1.54, 1.807) is 19.2 Å². The number of aromatic nitrogens is 3. The number of ether oxygens (including phenoxy) is 1. The van der Waals surface area contributed by atoms with Crippen LogP contribution in [0.15, 0.2) is 29.0 Å². The number of allylic oxidation sites excluding steroid dienone is 1. The van der Waals surface area contributed by atoms with Gasteiger partial charge >= 0.3 is 6.09 Å². The number of hydrogen-bond acceptors (Lipinski definition) is 7. The van der Waals surface area contributed by atoms with E-state index in [1.165, 1.54) is 0 Å². The fraction of sp³-hybridized carbons (Fsp3) is 0.545. The molecule has 3 atom stereocenters. The monoisotopic (exact) mass is 440 g/mol. The van der Waals surface area contributed by atoms with Gasteiger partial charge in [-0.05, 0) is 65.5 Å². The molecule has 2 bridgehead atoms. The number of nitrogens with two attached hydrogens (primary N) is 2. The van der Waals surface area contributed by atoms with Gasteiger partial charge in [-0.3, -0.25) is 0 Å². The van der Waals surface area contributed by atoms with Gasteiger partial charge < -0.3 is 31.4 Å². The van der Waals surface area contributed by atoms with Crippen LogP contribution in [-0.4, -0.2) is 55.5 Å². The summed E-state index contributed by atoms with van der Waals surface area (Å²) in [5.74, 6) is 1.22. The maximum Gasteiger partial charge on any atom is 0.410 e. The molecule has 10 nitrogen and oxygen atoms in total. The molecular weight excluding hydrogens is 408 g/mol. The predicted molar refractivity (Wildman–Crippen MR) is 125 cm³/mol. The van der Waals surface area contributed by atoms with Crippen LogP contribution in [0.1, 0.15) is 53.4 Å². The highest BCUT2D eigenvalue weighted by molar-refractivity contribution is 5.96. The summed E-state index contributed by atoms with van der Waals surface area (Å²) in [5.41, 5.74) is 13.2. The molecule has 1 amide bonds. The van der Waals surface area contributed by atoms with Crippen molar-refractivity contribution in [1.29, 1.82) is 0 Å². The lowest BCUT2D eigenvalue weighted by molar-refractivity contribution is 0.00682. The van der Waals surface area contributed by atoms with Crippen LogP contribution >= 0.6 is 0 Å². The Labute approximate surface area is 187 Å². The van der Waals surface area contributed by atoms with Crippen molar-refractivity contribution in [3.05, 3.63) is 24.0 Å². The number of nitrogens with zero attached hydrogens (tertiary/aromatic N) is 4. The van der Waals surface area contributed by atoms with Crippen LogP contribution in [0.3, 0.4) is 0 Å². The number of aromatic amines is 1. The number of carbonyl (C=O) groups excluding carboxylic acids is 1. The third-order valence-corrected chi connectivity index (χ3v) is 5.67. The first-order valence-electron chi connectivity index (χ1n) is 11.0. The summed E-state index contributed by atoms with van der Waals surface area (Å²) in [6.07, 6.45) is 6.77. The smallest absolute Gasteiger partial charge is 0.410 e. The first-order chi connectivity index (χ1) is 15.1. The van der Waals surface area contributed by atoms with Gasteiger partial charge in [0.1, 0.15) is 17.0 Å². The Morgan fingerprint density at radius 3 is 2.59 bits per heavy atom. The Bertz CT molecular complexity index is 1050. The molecule has 0 aliphatic carbocycles.